The second-order valence-electron chi connectivity index (χ2n) is 5.91. The first-order valence-corrected chi connectivity index (χ1v) is 7.56. The molecule has 0 spiro atoms. The summed E-state index contributed by atoms with van der Waals surface area (Å²) in [6.07, 6.45) is 5.02. The van der Waals surface area contributed by atoms with Crippen LogP contribution in [0.15, 0.2) is 18.2 Å². The summed E-state index contributed by atoms with van der Waals surface area (Å²) in [5.41, 5.74) is 0.774. The van der Waals surface area contributed by atoms with Gasteiger partial charge in [-0.05, 0) is 38.3 Å². The van der Waals surface area contributed by atoms with Crippen LogP contribution in [-0.4, -0.2) is 37.2 Å². The molecule has 0 bridgehead atoms. The summed E-state index contributed by atoms with van der Waals surface area (Å²) >= 11 is 0. The third-order valence-corrected chi connectivity index (χ3v) is 4.31. The number of halogens is 1. The van der Waals surface area contributed by atoms with Gasteiger partial charge in [0, 0.05) is 36.8 Å². The van der Waals surface area contributed by atoms with Gasteiger partial charge in [0.25, 0.3) is 0 Å². The molecule has 1 saturated heterocycles. The summed E-state index contributed by atoms with van der Waals surface area (Å²) < 4.78 is 19.1. The molecule has 1 aromatic carbocycles. The third kappa shape index (κ3) is 3.30. The first-order chi connectivity index (χ1) is 9.76. The molecule has 1 aliphatic heterocycles. The fraction of sp³-hybridized carbons (Fsp3) is 0.625. The van der Waals surface area contributed by atoms with E-state index in [1.165, 1.54) is 31.7 Å². The molecule has 2 aliphatic rings. The van der Waals surface area contributed by atoms with Crippen LogP contribution in [0.5, 0.6) is 5.75 Å². The van der Waals surface area contributed by atoms with E-state index in [0.29, 0.717) is 24.4 Å². The second-order valence-corrected chi connectivity index (χ2v) is 5.91. The Morgan fingerprint density at radius 2 is 2.20 bits per heavy atom. The lowest BCUT2D eigenvalue weighted by Gasteiger charge is -2.25. The fourth-order valence-electron chi connectivity index (χ4n) is 2.98. The van der Waals surface area contributed by atoms with Gasteiger partial charge in [-0.25, -0.2) is 4.39 Å². The van der Waals surface area contributed by atoms with Crippen molar-refractivity contribution in [1.82, 2.24) is 10.2 Å². The monoisotopic (exact) mass is 278 g/mol. The number of hydrogen-bond donors (Lipinski definition) is 1. The summed E-state index contributed by atoms with van der Waals surface area (Å²) in [4.78, 5) is 2.44. The molecular formula is C16H23FN2O. The van der Waals surface area contributed by atoms with Gasteiger partial charge in [0.1, 0.15) is 11.6 Å². The molecule has 1 N–H and O–H groups in total. The van der Waals surface area contributed by atoms with Crippen molar-refractivity contribution in [1.29, 1.82) is 0 Å². The van der Waals surface area contributed by atoms with E-state index in [0.717, 1.165) is 18.7 Å². The Morgan fingerprint density at radius 1 is 1.35 bits per heavy atom. The Morgan fingerprint density at radius 3 is 2.80 bits per heavy atom. The minimum Gasteiger partial charge on any atom is -0.497 e. The van der Waals surface area contributed by atoms with Gasteiger partial charge in [0.15, 0.2) is 0 Å². The van der Waals surface area contributed by atoms with Gasteiger partial charge >= 0.3 is 0 Å². The van der Waals surface area contributed by atoms with Crippen LogP contribution in [0, 0.1) is 5.82 Å². The van der Waals surface area contributed by atoms with Crippen molar-refractivity contribution in [3.05, 3.63) is 29.6 Å². The van der Waals surface area contributed by atoms with Crippen molar-refractivity contribution in [3.63, 3.8) is 0 Å². The van der Waals surface area contributed by atoms with Crippen molar-refractivity contribution in [2.24, 2.45) is 0 Å². The molecule has 1 aromatic rings. The number of ether oxygens (including phenoxy) is 1. The quantitative estimate of drug-likeness (QED) is 0.865. The summed E-state index contributed by atoms with van der Waals surface area (Å²) in [7, 11) is 1.57. The van der Waals surface area contributed by atoms with Gasteiger partial charge in [0.2, 0.25) is 0 Å². The molecule has 1 unspecified atom stereocenters. The number of benzene rings is 1. The highest BCUT2D eigenvalue weighted by Gasteiger charge is 2.31. The molecule has 1 atom stereocenters. The highest BCUT2D eigenvalue weighted by Crippen LogP contribution is 2.30. The zero-order valence-electron chi connectivity index (χ0n) is 12.1. The standard InChI is InChI=1S/C16H23FN2O/c1-20-15-7-4-12(16(17)9-15)10-19(14-5-6-14)11-13-3-2-8-18-13/h4,7,9,13-14,18H,2-3,5-6,8,10-11H2,1H3. The van der Waals surface area contributed by atoms with E-state index < -0.39 is 0 Å². The lowest BCUT2D eigenvalue weighted by molar-refractivity contribution is 0.228. The molecule has 0 radical (unpaired) electrons. The summed E-state index contributed by atoms with van der Waals surface area (Å²) in [5, 5.41) is 3.53. The Balaban J connectivity index is 1.66. The van der Waals surface area contributed by atoms with Gasteiger partial charge in [-0.15, -0.1) is 0 Å². The van der Waals surface area contributed by atoms with Crippen LogP contribution in [0.25, 0.3) is 0 Å². The zero-order chi connectivity index (χ0) is 13.9. The fourth-order valence-corrected chi connectivity index (χ4v) is 2.98. The van der Waals surface area contributed by atoms with Crippen LogP contribution < -0.4 is 10.1 Å². The molecule has 3 rings (SSSR count). The smallest absolute Gasteiger partial charge is 0.131 e. The van der Waals surface area contributed by atoms with Crippen molar-refractivity contribution in [2.45, 2.75) is 44.3 Å². The Bertz CT molecular complexity index is 456. The van der Waals surface area contributed by atoms with Gasteiger partial charge in [-0.1, -0.05) is 6.07 Å². The number of methoxy groups -OCH3 is 1. The van der Waals surface area contributed by atoms with Gasteiger partial charge in [-0.3, -0.25) is 4.90 Å². The SMILES string of the molecule is COc1ccc(CN(CC2CCCN2)C2CC2)c(F)c1. The van der Waals surface area contributed by atoms with Crippen LogP contribution in [0.4, 0.5) is 4.39 Å². The zero-order valence-corrected chi connectivity index (χ0v) is 12.1. The third-order valence-electron chi connectivity index (χ3n) is 4.31. The molecular weight excluding hydrogens is 255 g/mol. The predicted octanol–water partition coefficient (Wildman–Crippen LogP) is 2.55. The second kappa shape index (κ2) is 6.10. The average Bonchev–Trinajstić information content (AvgIpc) is 3.18. The van der Waals surface area contributed by atoms with Crippen LogP contribution >= 0.6 is 0 Å². The predicted molar refractivity (Wildman–Crippen MR) is 77.4 cm³/mol. The van der Waals surface area contributed by atoms with E-state index >= 15 is 0 Å². The van der Waals surface area contributed by atoms with E-state index in [9.17, 15) is 4.39 Å². The van der Waals surface area contributed by atoms with E-state index in [1.807, 2.05) is 12.1 Å². The van der Waals surface area contributed by atoms with Crippen LogP contribution in [0.3, 0.4) is 0 Å². The van der Waals surface area contributed by atoms with Crippen LogP contribution in [0.2, 0.25) is 0 Å². The summed E-state index contributed by atoms with van der Waals surface area (Å²) in [6.45, 7) is 2.87. The van der Waals surface area contributed by atoms with E-state index in [2.05, 4.69) is 10.2 Å². The number of hydrogen-bond acceptors (Lipinski definition) is 3. The molecule has 20 heavy (non-hydrogen) atoms. The number of nitrogens with one attached hydrogen (secondary N) is 1. The van der Waals surface area contributed by atoms with Crippen molar-refractivity contribution >= 4 is 0 Å². The Kier molecular flexibility index (Phi) is 4.22. The van der Waals surface area contributed by atoms with E-state index in [1.54, 1.807) is 7.11 Å². The molecule has 3 nitrogen and oxygen atoms in total. The van der Waals surface area contributed by atoms with E-state index in [-0.39, 0.29) is 5.82 Å². The maximum Gasteiger partial charge on any atom is 0.131 e. The van der Waals surface area contributed by atoms with E-state index in [4.69, 9.17) is 4.74 Å². The topological polar surface area (TPSA) is 24.5 Å². The molecule has 1 aliphatic carbocycles. The lowest BCUT2D eigenvalue weighted by atomic mass is 10.1. The van der Waals surface area contributed by atoms with Gasteiger partial charge in [-0.2, -0.15) is 0 Å². The van der Waals surface area contributed by atoms with Crippen LogP contribution in [-0.2, 0) is 6.54 Å². The molecule has 110 valence electrons. The lowest BCUT2D eigenvalue weighted by Crippen LogP contribution is -2.38. The van der Waals surface area contributed by atoms with Crippen molar-refractivity contribution < 1.29 is 9.13 Å². The summed E-state index contributed by atoms with van der Waals surface area (Å²) in [5.74, 6) is 0.427. The highest BCUT2D eigenvalue weighted by molar-refractivity contribution is 5.29. The maximum absolute atomic E-state index is 14.1. The Hall–Kier alpha value is -1.13. The minimum atomic E-state index is -0.158. The average molecular weight is 278 g/mol. The Labute approximate surface area is 120 Å². The first-order valence-electron chi connectivity index (χ1n) is 7.56. The minimum absolute atomic E-state index is 0.158. The molecule has 0 amide bonds. The number of nitrogens with zero attached hydrogens (tertiary/aromatic N) is 1. The van der Waals surface area contributed by atoms with Gasteiger partial charge < -0.3 is 10.1 Å². The molecule has 4 heteroatoms. The largest absolute Gasteiger partial charge is 0.497 e. The molecule has 1 saturated carbocycles. The first kappa shape index (κ1) is 13.8. The normalized spacial score (nSPS) is 22.4. The molecule has 2 fully saturated rings. The number of rotatable bonds is 6. The van der Waals surface area contributed by atoms with Crippen molar-refractivity contribution in [2.75, 3.05) is 20.2 Å². The molecule has 1 heterocycles. The highest BCUT2D eigenvalue weighted by atomic mass is 19.1. The van der Waals surface area contributed by atoms with Gasteiger partial charge in [0.05, 0.1) is 7.11 Å². The van der Waals surface area contributed by atoms with Crippen LogP contribution in [0.1, 0.15) is 31.2 Å². The van der Waals surface area contributed by atoms with Crippen molar-refractivity contribution in [3.8, 4) is 5.75 Å². The maximum atomic E-state index is 14.1. The summed E-state index contributed by atoms with van der Waals surface area (Å²) in [6, 6.07) is 6.41. The molecule has 0 aromatic heterocycles.